The fourth-order valence-corrected chi connectivity index (χ4v) is 1.91. The van der Waals surface area contributed by atoms with Crippen molar-refractivity contribution in [1.29, 1.82) is 0 Å². The summed E-state index contributed by atoms with van der Waals surface area (Å²) in [6.45, 7) is 0.244. The molecular weight excluding hydrogens is 195 g/mol. The molecular formula is C12H15FO2. The predicted octanol–water partition coefficient (Wildman–Crippen LogP) is 2.26. The predicted molar refractivity (Wildman–Crippen MR) is 54.8 cm³/mol. The Morgan fingerprint density at radius 1 is 1.33 bits per heavy atom. The SMILES string of the molecule is O[C@H]1CCC[C@H]1OCc1ccccc1F. The van der Waals surface area contributed by atoms with Crippen molar-refractivity contribution in [1.82, 2.24) is 0 Å². The molecule has 0 amide bonds. The lowest BCUT2D eigenvalue weighted by Gasteiger charge is -2.15. The molecule has 0 radical (unpaired) electrons. The second-order valence-corrected chi connectivity index (χ2v) is 3.94. The van der Waals surface area contributed by atoms with Gasteiger partial charge in [-0.1, -0.05) is 18.2 Å². The standard InChI is InChI=1S/C12H15FO2/c13-10-5-2-1-4-9(10)8-15-12-7-3-6-11(12)14/h1-2,4-5,11-12,14H,3,6-8H2/t11-,12+/m0/s1. The van der Waals surface area contributed by atoms with Crippen LogP contribution in [0.3, 0.4) is 0 Å². The summed E-state index contributed by atoms with van der Waals surface area (Å²) in [4.78, 5) is 0. The molecule has 0 spiro atoms. The Morgan fingerprint density at radius 3 is 2.80 bits per heavy atom. The topological polar surface area (TPSA) is 29.5 Å². The first-order valence-electron chi connectivity index (χ1n) is 5.30. The van der Waals surface area contributed by atoms with Crippen molar-refractivity contribution in [3.63, 3.8) is 0 Å². The van der Waals surface area contributed by atoms with Crippen LogP contribution in [0, 0.1) is 5.82 Å². The van der Waals surface area contributed by atoms with E-state index in [1.807, 2.05) is 0 Å². The Bertz CT molecular complexity index is 327. The Balaban J connectivity index is 1.90. The molecule has 15 heavy (non-hydrogen) atoms. The van der Waals surface area contributed by atoms with E-state index in [0.717, 1.165) is 19.3 Å². The first-order valence-corrected chi connectivity index (χ1v) is 5.30. The average molecular weight is 210 g/mol. The van der Waals surface area contributed by atoms with Crippen molar-refractivity contribution in [3.05, 3.63) is 35.6 Å². The summed E-state index contributed by atoms with van der Waals surface area (Å²) >= 11 is 0. The minimum absolute atomic E-state index is 0.121. The normalized spacial score (nSPS) is 25.7. The van der Waals surface area contributed by atoms with E-state index in [2.05, 4.69) is 0 Å². The molecule has 1 aliphatic carbocycles. The van der Waals surface area contributed by atoms with Crippen LogP contribution in [-0.4, -0.2) is 17.3 Å². The summed E-state index contributed by atoms with van der Waals surface area (Å²) in [5.41, 5.74) is 0.552. The van der Waals surface area contributed by atoms with Gasteiger partial charge in [0.25, 0.3) is 0 Å². The summed E-state index contributed by atoms with van der Waals surface area (Å²) in [5.74, 6) is -0.245. The van der Waals surface area contributed by atoms with E-state index >= 15 is 0 Å². The van der Waals surface area contributed by atoms with E-state index in [9.17, 15) is 9.50 Å². The number of benzene rings is 1. The molecule has 2 nitrogen and oxygen atoms in total. The third kappa shape index (κ3) is 2.55. The Morgan fingerprint density at radius 2 is 2.13 bits per heavy atom. The molecule has 1 aromatic rings. The molecule has 1 saturated carbocycles. The molecule has 0 aliphatic heterocycles. The van der Waals surface area contributed by atoms with Crippen molar-refractivity contribution >= 4 is 0 Å². The van der Waals surface area contributed by atoms with Crippen LogP contribution in [0.25, 0.3) is 0 Å². The third-order valence-corrected chi connectivity index (χ3v) is 2.83. The molecule has 2 rings (SSSR count). The number of aliphatic hydroxyl groups excluding tert-OH is 1. The maximum Gasteiger partial charge on any atom is 0.128 e. The lowest BCUT2D eigenvalue weighted by molar-refractivity contribution is -0.0281. The largest absolute Gasteiger partial charge is 0.390 e. The van der Waals surface area contributed by atoms with Crippen molar-refractivity contribution in [2.45, 2.75) is 38.1 Å². The molecule has 0 saturated heterocycles. The number of halogens is 1. The zero-order valence-corrected chi connectivity index (χ0v) is 8.53. The molecule has 3 heteroatoms. The highest BCUT2D eigenvalue weighted by molar-refractivity contribution is 5.16. The van der Waals surface area contributed by atoms with Gasteiger partial charge in [0.15, 0.2) is 0 Å². The monoisotopic (exact) mass is 210 g/mol. The molecule has 1 fully saturated rings. The zero-order valence-electron chi connectivity index (χ0n) is 8.53. The van der Waals surface area contributed by atoms with Gasteiger partial charge in [-0.25, -0.2) is 4.39 Å². The van der Waals surface area contributed by atoms with Crippen LogP contribution in [0.4, 0.5) is 4.39 Å². The van der Waals surface area contributed by atoms with Crippen molar-refractivity contribution in [3.8, 4) is 0 Å². The van der Waals surface area contributed by atoms with Gasteiger partial charge in [-0.3, -0.25) is 0 Å². The number of ether oxygens (including phenoxy) is 1. The third-order valence-electron chi connectivity index (χ3n) is 2.83. The lowest BCUT2D eigenvalue weighted by atomic mass is 10.2. The fraction of sp³-hybridized carbons (Fsp3) is 0.500. The number of rotatable bonds is 3. The van der Waals surface area contributed by atoms with Crippen LogP contribution in [-0.2, 0) is 11.3 Å². The summed E-state index contributed by atoms with van der Waals surface area (Å²) in [7, 11) is 0. The average Bonchev–Trinajstić information content (AvgIpc) is 2.63. The molecule has 0 bridgehead atoms. The summed E-state index contributed by atoms with van der Waals surface area (Å²) in [6.07, 6.45) is 2.15. The molecule has 1 aromatic carbocycles. The van der Waals surface area contributed by atoms with Gasteiger partial charge in [0, 0.05) is 5.56 Å². The Labute approximate surface area is 88.7 Å². The van der Waals surface area contributed by atoms with Gasteiger partial charge >= 0.3 is 0 Å². The van der Waals surface area contributed by atoms with E-state index in [4.69, 9.17) is 4.74 Å². The molecule has 82 valence electrons. The Hall–Kier alpha value is -0.930. The minimum atomic E-state index is -0.378. The van der Waals surface area contributed by atoms with E-state index < -0.39 is 0 Å². The number of hydrogen-bond donors (Lipinski definition) is 1. The van der Waals surface area contributed by atoms with Crippen LogP contribution in [0.2, 0.25) is 0 Å². The van der Waals surface area contributed by atoms with Gasteiger partial charge in [0.05, 0.1) is 18.8 Å². The molecule has 0 unspecified atom stereocenters. The minimum Gasteiger partial charge on any atom is -0.390 e. The van der Waals surface area contributed by atoms with Crippen molar-refractivity contribution in [2.24, 2.45) is 0 Å². The van der Waals surface area contributed by atoms with Crippen molar-refractivity contribution in [2.75, 3.05) is 0 Å². The number of aliphatic hydroxyl groups is 1. The highest BCUT2D eigenvalue weighted by Crippen LogP contribution is 2.23. The fourth-order valence-electron chi connectivity index (χ4n) is 1.91. The van der Waals surface area contributed by atoms with E-state index in [1.165, 1.54) is 6.07 Å². The lowest BCUT2D eigenvalue weighted by Crippen LogP contribution is -2.22. The van der Waals surface area contributed by atoms with Crippen molar-refractivity contribution < 1.29 is 14.2 Å². The second kappa shape index (κ2) is 4.73. The highest BCUT2D eigenvalue weighted by Gasteiger charge is 2.25. The Kier molecular flexibility index (Phi) is 3.34. The smallest absolute Gasteiger partial charge is 0.128 e. The quantitative estimate of drug-likeness (QED) is 0.829. The highest BCUT2D eigenvalue weighted by atomic mass is 19.1. The van der Waals surface area contributed by atoms with Crippen LogP contribution in [0.15, 0.2) is 24.3 Å². The maximum absolute atomic E-state index is 13.2. The molecule has 1 aliphatic rings. The summed E-state index contributed by atoms with van der Waals surface area (Å²) < 4.78 is 18.7. The first kappa shape index (κ1) is 10.6. The zero-order chi connectivity index (χ0) is 10.7. The van der Waals surface area contributed by atoms with Crippen LogP contribution in [0.5, 0.6) is 0 Å². The van der Waals surface area contributed by atoms with E-state index in [-0.39, 0.29) is 24.6 Å². The van der Waals surface area contributed by atoms with Gasteiger partial charge in [0.2, 0.25) is 0 Å². The van der Waals surface area contributed by atoms with Crippen LogP contribution in [0.1, 0.15) is 24.8 Å². The summed E-state index contributed by atoms with van der Waals surface area (Å²) in [6, 6.07) is 6.57. The van der Waals surface area contributed by atoms with Gasteiger partial charge in [0.1, 0.15) is 5.82 Å². The summed E-state index contributed by atoms with van der Waals surface area (Å²) in [5, 5.41) is 9.52. The van der Waals surface area contributed by atoms with Gasteiger partial charge in [-0.05, 0) is 25.3 Å². The van der Waals surface area contributed by atoms with Gasteiger partial charge in [-0.2, -0.15) is 0 Å². The maximum atomic E-state index is 13.2. The second-order valence-electron chi connectivity index (χ2n) is 3.94. The van der Waals surface area contributed by atoms with Crippen LogP contribution >= 0.6 is 0 Å². The van der Waals surface area contributed by atoms with E-state index in [1.54, 1.807) is 18.2 Å². The van der Waals surface area contributed by atoms with Gasteiger partial charge < -0.3 is 9.84 Å². The van der Waals surface area contributed by atoms with E-state index in [0.29, 0.717) is 5.56 Å². The van der Waals surface area contributed by atoms with Gasteiger partial charge in [-0.15, -0.1) is 0 Å². The molecule has 0 heterocycles. The number of hydrogen-bond acceptors (Lipinski definition) is 2. The molecule has 1 N–H and O–H groups in total. The van der Waals surface area contributed by atoms with Crippen LogP contribution < -0.4 is 0 Å². The first-order chi connectivity index (χ1) is 7.27. The molecule has 2 atom stereocenters. The molecule has 0 aromatic heterocycles.